The average molecular weight is 372 g/mol. The molecule has 0 aliphatic carbocycles. The van der Waals surface area contributed by atoms with E-state index in [9.17, 15) is 9.59 Å². The predicted octanol–water partition coefficient (Wildman–Crippen LogP) is 2.56. The van der Waals surface area contributed by atoms with Crippen molar-refractivity contribution in [2.75, 3.05) is 7.11 Å². The van der Waals surface area contributed by atoms with Gasteiger partial charge in [-0.3, -0.25) is 0 Å². The zero-order valence-electron chi connectivity index (χ0n) is 14.0. The highest BCUT2D eigenvalue weighted by molar-refractivity contribution is 7.11. The van der Waals surface area contributed by atoms with Crippen LogP contribution in [-0.2, 0) is 16.6 Å². The summed E-state index contributed by atoms with van der Waals surface area (Å²) in [6, 6.07) is 1.87. The van der Waals surface area contributed by atoms with E-state index in [1.165, 1.54) is 40.8 Å². The Morgan fingerprint density at radius 1 is 1.42 bits per heavy atom. The van der Waals surface area contributed by atoms with E-state index in [4.69, 9.17) is 21.1 Å². The number of halogens is 1. The van der Waals surface area contributed by atoms with Gasteiger partial charge >= 0.3 is 17.7 Å². The lowest BCUT2D eigenvalue weighted by Crippen LogP contribution is -2.24. The third kappa shape index (κ3) is 3.88. The molecule has 2 aromatic rings. The summed E-state index contributed by atoms with van der Waals surface area (Å²) in [6.07, 6.45) is 1.47. The highest BCUT2D eigenvalue weighted by Crippen LogP contribution is 2.27. The summed E-state index contributed by atoms with van der Waals surface area (Å²) in [7, 11) is 2.95. The Balaban J connectivity index is 2.44. The molecule has 2 aromatic heterocycles. The molecular formula is C15H18ClN3O4S. The Bertz CT molecular complexity index is 842. The maximum Gasteiger partial charge on any atom is 0.353 e. The van der Waals surface area contributed by atoms with Gasteiger partial charge < -0.3 is 9.47 Å². The van der Waals surface area contributed by atoms with Gasteiger partial charge in [0.15, 0.2) is 0 Å². The van der Waals surface area contributed by atoms with Crippen molar-refractivity contribution in [1.29, 1.82) is 0 Å². The molecule has 0 aliphatic heterocycles. The standard InChI is InChI=1S/C15H18ClN3O4S/c1-15(2,3)23-12(20)9(16)8-11-10(6-7-24-11)19-13(22-5)17-18(4)14(19)21/h6-8H,1-5H3/b9-8-. The van der Waals surface area contributed by atoms with E-state index in [-0.39, 0.29) is 16.7 Å². The van der Waals surface area contributed by atoms with Gasteiger partial charge in [0.2, 0.25) is 0 Å². The second kappa shape index (κ2) is 6.82. The number of esters is 1. The Kier molecular flexibility index (Phi) is 5.19. The molecule has 130 valence electrons. The molecule has 24 heavy (non-hydrogen) atoms. The van der Waals surface area contributed by atoms with Crippen molar-refractivity contribution in [2.45, 2.75) is 26.4 Å². The molecule has 0 spiro atoms. The van der Waals surface area contributed by atoms with Crippen LogP contribution in [0.3, 0.4) is 0 Å². The SMILES string of the molecule is COc1nn(C)c(=O)n1-c1ccsc1/C=C(\Cl)C(=O)OC(C)(C)C. The van der Waals surface area contributed by atoms with E-state index >= 15 is 0 Å². The summed E-state index contributed by atoms with van der Waals surface area (Å²) in [4.78, 5) is 24.9. The number of rotatable bonds is 4. The average Bonchev–Trinajstić information content (AvgIpc) is 3.02. The number of hydrogen-bond donors (Lipinski definition) is 0. The van der Waals surface area contributed by atoms with Crippen LogP contribution in [0.4, 0.5) is 0 Å². The highest BCUT2D eigenvalue weighted by Gasteiger charge is 2.21. The third-order valence-electron chi connectivity index (χ3n) is 2.84. The van der Waals surface area contributed by atoms with E-state index in [2.05, 4.69) is 5.10 Å². The number of thiophene rings is 1. The highest BCUT2D eigenvalue weighted by atomic mass is 35.5. The maximum atomic E-state index is 12.2. The number of methoxy groups -OCH3 is 1. The number of aromatic nitrogens is 3. The molecule has 9 heteroatoms. The zero-order chi connectivity index (χ0) is 18.1. The number of hydrogen-bond acceptors (Lipinski definition) is 6. The molecule has 2 heterocycles. The molecule has 0 radical (unpaired) electrons. The van der Waals surface area contributed by atoms with Gasteiger partial charge in [-0.05, 0) is 38.3 Å². The first-order valence-electron chi connectivity index (χ1n) is 7.02. The van der Waals surface area contributed by atoms with E-state index in [1.807, 2.05) is 0 Å². The molecule has 0 saturated heterocycles. The van der Waals surface area contributed by atoms with Gasteiger partial charge in [0.05, 0.1) is 17.7 Å². The number of carbonyl (C=O) groups is 1. The Morgan fingerprint density at radius 2 is 2.08 bits per heavy atom. The fourth-order valence-electron chi connectivity index (χ4n) is 1.89. The van der Waals surface area contributed by atoms with Crippen molar-refractivity contribution in [1.82, 2.24) is 14.3 Å². The summed E-state index contributed by atoms with van der Waals surface area (Å²) in [5.74, 6) is -0.631. The molecule has 0 saturated carbocycles. The molecule has 0 N–H and O–H groups in total. The van der Waals surface area contributed by atoms with E-state index in [0.717, 1.165) is 0 Å². The molecule has 0 amide bonds. The molecule has 0 aromatic carbocycles. The van der Waals surface area contributed by atoms with Crippen molar-refractivity contribution in [3.8, 4) is 11.7 Å². The summed E-state index contributed by atoms with van der Waals surface area (Å²) >= 11 is 7.38. The second-order valence-electron chi connectivity index (χ2n) is 5.89. The van der Waals surface area contributed by atoms with Crippen molar-refractivity contribution < 1.29 is 14.3 Å². The molecule has 0 unspecified atom stereocenters. The predicted molar refractivity (Wildman–Crippen MR) is 92.9 cm³/mol. The van der Waals surface area contributed by atoms with Crippen LogP contribution in [0.25, 0.3) is 11.8 Å². The topological polar surface area (TPSA) is 75.4 Å². The van der Waals surface area contributed by atoms with Crippen molar-refractivity contribution in [3.05, 3.63) is 31.8 Å². The van der Waals surface area contributed by atoms with Gasteiger partial charge in [-0.1, -0.05) is 11.6 Å². The van der Waals surface area contributed by atoms with Crippen LogP contribution in [0.5, 0.6) is 6.01 Å². The maximum absolute atomic E-state index is 12.2. The van der Waals surface area contributed by atoms with Gasteiger partial charge in [0.1, 0.15) is 10.6 Å². The summed E-state index contributed by atoms with van der Waals surface area (Å²) < 4.78 is 12.8. The monoisotopic (exact) mass is 371 g/mol. The largest absolute Gasteiger partial charge is 0.467 e. The van der Waals surface area contributed by atoms with Crippen LogP contribution in [-0.4, -0.2) is 33.0 Å². The molecule has 0 fully saturated rings. The van der Waals surface area contributed by atoms with Gasteiger partial charge in [-0.15, -0.1) is 16.4 Å². The molecule has 0 bridgehead atoms. The minimum Gasteiger partial charge on any atom is -0.467 e. The summed E-state index contributed by atoms with van der Waals surface area (Å²) in [5.41, 5.74) is -0.489. The Hall–Kier alpha value is -2.06. The molecule has 0 atom stereocenters. The molecule has 0 aliphatic rings. The lowest BCUT2D eigenvalue weighted by atomic mass is 10.2. The zero-order valence-corrected chi connectivity index (χ0v) is 15.6. The lowest BCUT2D eigenvalue weighted by molar-refractivity contribution is -0.148. The van der Waals surface area contributed by atoms with Gasteiger partial charge in [-0.2, -0.15) is 0 Å². The first-order valence-corrected chi connectivity index (χ1v) is 8.28. The number of carbonyl (C=O) groups excluding carboxylic acids is 1. The minimum absolute atomic E-state index is 0.0791. The second-order valence-corrected chi connectivity index (χ2v) is 7.25. The fraction of sp³-hybridized carbons (Fsp3) is 0.400. The van der Waals surface area contributed by atoms with Crippen LogP contribution < -0.4 is 10.4 Å². The summed E-state index contributed by atoms with van der Waals surface area (Å²) in [6.45, 7) is 5.27. The Labute approximate surface area is 148 Å². The minimum atomic E-state index is -0.646. The number of nitrogens with zero attached hydrogens (tertiary/aromatic N) is 3. The van der Waals surface area contributed by atoms with E-state index in [1.54, 1.807) is 32.2 Å². The van der Waals surface area contributed by atoms with Gasteiger partial charge in [-0.25, -0.2) is 18.8 Å². The van der Waals surface area contributed by atoms with E-state index in [0.29, 0.717) is 10.6 Å². The molecule has 7 nitrogen and oxygen atoms in total. The Morgan fingerprint density at radius 3 is 2.67 bits per heavy atom. The molecule has 2 rings (SSSR count). The van der Waals surface area contributed by atoms with E-state index < -0.39 is 11.6 Å². The van der Waals surface area contributed by atoms with Crippen LogP contribution in [0.15, 0.2) is 21.3 Å². The quantitative estimate of drug-likeness (QED) is 0.610. The van der Waals surface area contributed by atoms with Crippen molar-refractivity contribution in [2.24, 2.45) is 7.05 Å². The van der Waals surface area contributed by atoms with Crippen molar-refractivity contribution in [3.63, 3.8) is 0 Å². The van der Waals surface area contributed by atoms with Crippen LogP contribution >= 0.6 is 22.9 Å². The lowest BCUT2D eigenvalue weighted by Gasteiger charge is -2.19. The van der Waals surface area contributed by atoms with Crippen molar-refractivity contribution >= 4 is 35.0 Å². The van der Waals surface area contributed by atoms with Crippen LogP contribution in [0, 0.1) is 0 Å². The first kappa shape index (κ1) is 18.3. The summed E-state index contributed by atoms with van der Waals surface area (Å²) in [5, 5.41) is 5.69. The fourth-order valence-corrected chi connectivity index (χ4v) is 2.91. The molecular weight excluding hydrogens is 354 g/mol. The van der Waals surface area contributed by atoms with Gasteiger partial charge in [0.25, 0.3) is 0 Å². The van der Waals surface area contributed by atoms with Crippen LogP contribution in [0.1, 0.15) is 25.6 Å². The third-order valence-corrected chi connectivity index (χ3v) is 3.96. The number of ether oxygens (including phenoxy) is 2. The van der Waals surface area contributed by atoms with Gasteiger partial charge in [0, 0.05) is 7.05 Å². The normalized spacial score (nSPS) is 12.3. The smallest absolute Gasteiger partial charge is 0.353 e. The number of aryl methyl sites for hydroxylation is 1. The van der Waals surface area contributed by atoms with Crippen LogP contribution in [0.2, 0.25) is 0 Å². The first-order chi connectivity index (χ1) is 11.1.